The molecule has 3 aromatic carbocycles. The molecule has 0 saturated carbocycles. The molecule has 9 nitrogen and oxygen atoms in total. The van der Waals surface area contributed by atoms with E-state index in [1.807, 2.05) is 0 Å². The van der Waals surface area contributed by atoms with Gasteiger partial charge in [-0.1, -0.05) is 41.4 Å². The van der Waals surface area contributed by atoms with Gasteiger partial charge in [0, 0.05) is 23.4 Å². The van der Waals surface area contributed by atoms with E-state index in [-0.39, 0.29) is 43.0 Å². The first kappa shape index (κ1) is 24.9. The molecule has 13 heteroatoms. The second kappa shape index (κ2) is 9.42. The zero-order valence-corrected chi connectivity index (χ0v) is 21.0. The van der Waals surface area contributed by atoms with Crippen LogP contribution in [-0.2, 0) is 24.8 Å². The molecule has 0 fully saturated rings. The molecule has 0 aliphatic carbocycles. The van der Waals surface area contributed by atoms with Gasteiger partial charge in [0.15, 0.2) is 0 Å². The lowest BCUT2D eigenvalue weighted by atomic mass is 10.3. The summed E-state index contributed by atoms with van der Waals surface area (Å²) < 4.78 is 62.0. The summed E-state index contributed by atoms with van der Waals surface area (Å²) in [7, 11) is -8.44. The Morgan fingerprint density at radius 2 is 1.49 bits per heavy atom. The molecule has 0 unspecified atom stereocenters. The first-order chi connectivity index (χ1) is 16.4. The van der Waals surface area contributed by atoms with Crippen molar-refractivity contribution in [2.75, 3.05) is 14.8 Å². The number of anilines is 3. The summed E-state index contributed by atoms with van der Waals surface area (Å²) in [5.74, 6) is -0.372. The molecule has 1 amide bonds. The van der Waals surface area contributed by atoms with Gasteiger partial charge in [-0.15, -0.1) is 0 Å². The van der Waals surface area contributed by atoms with Gasteiger partial charge < -0.3 is 9.73 Å². The molecule has 0 spiro atoms. The average Bonchev–Trinajstić information content (AvgIpc) is 3.22. The Morgan fingerprint density at radius 3 is 2.17 bits per heavy atom. The van der Waals surface area contributed by atoms with E-state index in [2.05, 4.69) is 14.8 Å². The number of carbonyl (C=O) groups excluding carboxylic acids is 1. The number of rotatable bonds is 7. The Kier molecular flexibility index (Phi) is 6.69. The van der Waals surface area contributed by atoms with E-state index in [9.17, 15) is 21.6 Å². The molecule has 0 saturated heterocycles. The lowest BCUT2D eigenvalue weighted by Gasteiger charge is -2.15. The zero-order chi connectivity index (χ0) is 25.4. The number of amides is 1. The van der Waals surface area contributed by atoms with Crippen LogP contribution >= 0.6 is 23.2 Å². The normalized spacial score (nSPS) is 11.9. The quantitative estimate of drug-likeness (QED) is 0.284. The molecule has 0 aliphatic heterocycles. The minimum absolute atomic E-state index is 0.00462. The Hall–Kier alpha value is -3.25. The number of nitrogens with one attached hydrogen (secondary N) is 3. The molecule has 0 atom stereocenters. The van der Waals surface area contributed by atoms with Crippen molar-refractivity contribution in [3.05, 3.63) is 76.8 Å². The van der Waals surface area contributed by atoms with E-state index in [1.165, 1.54) is 43.3 Å². The summed E-state index contributed by atoms with van der Waals surface area (Å²) in [4.78, 5) is 11.0. The van der Waals surface area contributed by atoms with Crippen molar-refractivity contribution in [2.24, 2.45) is 0 Å². The smallest absolute Gasteiger partial charge is 0.295 e. The van der Waals surface area contributed by atoms with Crippen molar-refractivity contribution in [2.45, 2.75) is 16.9 Å². The highest BCUT2D eigenvalue weighted by Crippen LogP contribution is 2.32. The van der Waals surface area contributed by atoms with Crippen LogP contribution in [0.25, 0.3) is 11.0 Å². The molecule has 4 aromatic rings. The molecular weight excluding hydrogens is 537 g/mol. The van der Waals surface area contributed by atoms with Crippen molar-refractivity contribution in [1.82, 2.24) is 0 Å². The van der Waals surface area contributed by atoms with Crippen LogP contribution < -0.4 is 14.8 Å². The average molecular weight is 554 g/mol. The maximum absolute atomic E-state index is 13.0. The first-order valence-electron chi connectivity index (χ1n) is 9.85. The van der Waals surface area contributed by atoms with Crippen molar-refractivity contribution >= 4 is 77.2 Å². The SMILES string of the molecule is CC(=O)Nc1ccc(S(=O)(=O)Nc2ccc(Cl)cc2NS(=O)(=O)c2cc3ccccc3o2)cc1Cl. The van der Waals surface area contributed by atoms with Gasteiger partial charge in [-0.05, 0) is 42.5 Å². The van der Waals surface area contributed by atoms with E-state index in [4.69, 9.17) is 27.6 Å². The van der Waals surface area contributed by atoms with Crippen molar-refractivity contribution in [3.63, 3.8) is 0 Å². The van der Waals surface area contributed by atoms with Gasteiger partial charge in [-0.25, -0.2) is 8.42 Å². The van der Waals surface area contributed by atoms with Crippen LogP contribution in [0.5, 0.6) is 0 Å². The Bertz CT molecular complexity index is 1630. The summed E-state index contributed by atoms with van der Waals surface area (Å²) in [6.45, 7) is 1.29. The monoisotopic (exact) mass is 553 g/mol. The number of benzene rings is 3. The highest BCUT2D eigenvalue weighted by molar-refractivity contribution is 7.93. The summed E-state index contributed by atoms with van der Waals surface area (Å²) in [5, 5.41) is 2.88. The summed E-state index contributed by atoms with van der Waals surface area (Å²) in [6.07, 6.45) is 0. The number of fused-ring (bicyclic) bond motifs is 1. The van der Waals surface area contributed by atoms with E-state index >= 15 is 0 Å². The third-order valence-electron chi connectivity index (χ3n) is 4.70. The van der Waals surface area contributed by atoms with Gasteiger partial charge in [-0.2, -0.15) is 8.42 Å². The van der Waals surface area contributed by atoms with Crippen LogP contribution in [-0.4, -0.2) is 22.7 Å². The summed E-state index contributed by atoms with van der Waals surface area (Å²) in [5.41, 5.74) is 0.405. The van der Waals surface area contributed by atoms with Crippen molar-refractivity contribution in [3.8, 4) is 0 Å². The van der Waals surface area contributed by atoms with Gasteiger partial charge in [0.1, 0.15) is 5.58 Å². The second-order valence-corrected chi connectivity index (χ2v) is 11.5. The van der Waals surface area contributed by atoms with Gasteiger partial charge in [-0.3, -0.25) is 14.2 Å². The van der Waals surface area contributed by atoms with Crippen LogP contribution in [0.15, 0.2) is 81.1 Å². The number of hydrogen-bond donors (Lipinski definition) is 3. The van der Waals surface area contributed by atoms with Crippen molar-refractivity contribution in [1.29, 1.82) is 0 Å². The van der Waals surface area contributed by atoms with E-state index in [1.54, 1.807) is 24.3 Å². The second-order valence-electron chi connectivity index (χ2n) is 7.33. The lowest BCUT2D eigenvalue weighted by molar-refractivity contribution is -0.114. The Morgan fingerprint density at radius 1 is 0.800 bits per heavy atom. The molecule has 0 radical (unpaired) electrons. The summed E-state index contributed by atoms with van der Waals surface area (Å²) in [6, 6.07) is 15.8. The zero-order valence-electron chi connectivity index (χ0n) is 17.9. The number of furan rings is 1. The third kappa shape index (κ3) is 5.54. The number of halogens is 2. The predicted octanol–water partition coefficient (Wildman–Crippen LogP) is 5.30. The number of hydrogen-bond acceptors (Lipinski definition) is 6. The van der Waals surface area contributed by atoms with E-state index < -0.39 is 20.0 Å². The van der Waals surface area contributed by atoms with Crippen molar-refractivity contribution < 1.29 is 26.0 Å². The fraction of sp³-hybridized carbons (Fsp3) is 0.0455. The Balaban J connectivity index is 1.66. The standard InChI is InChI=1S/C22H17Cl2N3O6S2/c1-13(28)25-18-9-7-16(12-17(18)24)34(29,30)26-19-8-6-15(23)11-20(19)27-35(31,32)22-10-14-4-2-3-5-21(14)33-22/h2-12,26-27H,1H3,(H,25,28). The topological polar surface area (TPSA) is 135 Å². The number of sulfonamides is 2. The van der Waals surface area contributed by atoms with E-state index in [0.717, 1.165) is 6.07 Å². The first-order valence-corrected chi connectivity index (χ1v) is 13.6. The minimum Gasteiger partial charge on any atom is -0.443 e. The maximum Gasteiger partial charge on any atom is 0.295 e. The summed E-state index contributed by atoms with van der Waals surface area (Å²) >= 11 is 12.1. The minimum atomic E-state index is -4.23. The predicted molar refractivity (Wildman–Crippen MR) is 135 cm³/mol. The van der Waals surface area contributed by atoms with Gasteiger partial charge in [0.2, 0.25) is 11.0 Å². The van der Waals surface area contributed by atoms with Crippen LogP contribution in [0, 0.1) is 0 Å². The highest BCUT2D eigenvalue weighted by Gasteiger charge is 2.23. The third-order valence-corrected chi connectivity index (χ3v) is 7.83. The lowest BCUT2D eigenvalue weighted by Crippen LogP contribution is -2.17. The fourth-order valence-electron chi connectivity index (χ4n) is 3.13. The number of para-hydroxylation sites is 1. The van der Waals surface area contributed by atoms with Gasteiger partial charge in [0.25, 0.3) is 20.0 Å². The molecule has 182 valence electrons. The molecule has 4 rings (SSSR count). The fourth-order valence-corrected chi connectivity index (χ4v) is 5.74. The Labute approximate surface area is 211 Å². The largest absolute Gasteiger partial charge is 0.443 e. The number of carbonyl (C=O) groups is 1. The van der Waals surface area contributed by atoms with Gasteiger partial charge in [0.05, 0.1) is 27.0 Å². The molecular formula is C22H17Cl2N3O6S2. The molecule has 0 bridgehead atoms. The molecule has 1 aromatic heterocycles. The molecule has 3 N–H and O–H groups in total. The molecule has 1 heterocycles. The van der Waals surface area contributed by atoms with Crippen LogP contribution in [0.2, 0.25) is 10.0 Å². The molecule has 35 heavy (non-hydrogen) atoms. The van der Waals surface area contributed by atoms with Crippen LogP contribution in [0.3, 0.4) is 0 Å². The van der Waals surface area contributed by atoms with Gasteiger partial charge >= 0.3 is 0 Å². The highest BCUT2D eigenvalue weighted by atomic mass is 35.5. The van der Waals surface area contributed by atoms with E-state index in [0.29, 0.717) is 11.0 Å². The van der Waals surface area contributed by atoms with Crippen LogP contribution in [0.1, 0.15) is 6.92 Å². The molecule has 0 aliphatic rings. The maximum atomic E-state index is 13.0. The van der Waals surface area contributed by atoms with Crippen LogP contribution in [0.4, 0.5) is 17.1 Å².